The molecule has 0 N–H and O–H groups in total. The monoisotopic (exact) mass is 705 g/mol. The number of benzene rings is 9. The molecule has 0 aliphatic heterocycles. The lowest BCUT2D eigenvalue weighted by molar-refractivity contribution is 1.30. The molecule has 0 saturated carbocycles. The summed E-state index contributed by atoms with van der Waals surface area (Å²) in [6, 6.07) is 77.2. The average Bonchev–Trinajstić information content (AvgIpc) is 3.64. The molecular formula is C52H35NS. The second-order valence-corrected chi connectivity index (χ2v) is 14.8. The molecule has 1 nitrogen and oxygen atoms in total. The Hall–Kier alpha value is -6.74. The second kappa shape index (κ2) is 13.7. The van der Waals surface area contributed by atoms with Crippen molar-refractivity contribution < 1.29 is 0 Å². The number of thiophene rings is 1. The summed E-state index contributed by atoms with van der Waals surface area (Å²) in [6.07, 6.45) is 0. The van der Waals surface area contributed by atoms with Crippen LogP contribution in [-0.4, -0.2) is 0 Å². The first kappa shape index (κ1) is 32.0. The Labute approximate surface area is 319 Å². The molecule has 0 spiro atoms. The highest BCUT2D eigenvalue weighted by molar-refractivity contribution is 7.26. The minimum absolute atomic E-state index is 1.13. The van der Waals surface area contributed by atoms with Crippen LogP contribution in [0.2, 0.25) is 0 Å². The third kappa shape index (κ3) is 5.65. The summed E-state index contributed by atoms with van der Waals surface area (Å²) < 4.78 is 2.57. The fourth-order valence-electron chi connectivity index (χ4n) is 7.96. The zero-order chi connectivity index (χ0) is 35.8. The van der Waals surface area contributed by atoms with Crippen LogP contribution in [0.15, 0.2) is 212 Å². The van der Waals surface area contributed by atoms with Gasteiger partial charge in [-0.25, -0.2) is 0 Å². The van der Waals surface area contributed by atoms with Crippen LogP contribution < -0.4 is 4.90 Å². The third-order valence-corrected chi connectivity index (χ3v) is 11.6. The quantitative estimate of drug-likeness (QED) is 0.160. The molecule has 0 aliphatic rings. The largest absolute Gasteiger partial charge is 0.309 e. The highest BCUT2D eigenvalue weighted by Crippen LogP contribution is 2.49. The van der Waals surface area contributed by atoms with E-state index in [1.54, 1.807) is 0 Å². The van der Waals surface area contributed by atoms with Crippen molar-refractivity contribution in [2.45, 2.75) is 0 Å². The minimum atomic E-state index is 1.13. The Morgan fingerprint density at radius 1 is 0.296 bits per heavy atom. The highest BCUT2D eigenvalue weighted by atomic mass is 32.1. The van der Waals surface area contributed by atoms with Crippen molar-refractivity contribution in [3.05, 3.63) is 212 Å². The number of anilines is 3. The summed E-state index contributed by atoms with van der Waals surface area (Å²) in [7, 11) is 0. The van der Waals surface area contributed by atoms with E-state index in [1.807, 2.05) is 11.3 Å². The van der Waals surface area contributed by atoms with Gasteiger partial charge in [0.25, 0.3) is 0 Å². The van der Waals surface area contributed by atoms with Crippen LogP contribution in [0.25, 0.3) is 75.5 Å². The Balaban J connectivity index is 1.20. The summed E-state index contributed by atoms with van der Waals surface area (Å²) in [5.74, 6) is 0. The van der Waals surface area contributed by atoms with Gasteiger partial charge in [0.05, 0.1) is 17.1 Å². The van der Waals surface area contributed by atoms with Crippen molar-refractivity contribution in [2.24, 2.45) is 0 Å². The standard InChI is InChI=1S/C52H35NS/c1-2-15-36(16-3-1)37-31-33-39(34-32-37)44-22-6-9-26-47(44)53(49-28-14-30-51-52(49)46-24-8-11-29-50(46)54-51)48-27-10-7-23-45(48)41-20-12-19-40(35-41)43-25-13-18-38-17-4-5-21-42(38)43/h1-35H. The van der Waals surface area contributed by atoms with Crippen LogP contribution in [0.1, 0.15) is 0 Å². The van der Waals surface area contributed by atoms with Gasteiger partial charge in [-0.1, -0.05) is 176 Å². The molecule has 0 bridgehead atoms. The van der Waals surface area contributed by atoms with E-state index in [0.29, 0.717) is 0 Å². The number of nitrogens with zero attached hydrogens (tertiary/aromatic N) is 1. The highest BCUT2D eigenvalue weighted by Gasteiger charge is 2.23. The maximum Gasteiger partial charge on any atom is 0.0555 e. The van der Waals surface area contributed by atoms with Crippen LogP contribution in [-0.2, 0) is 0 Å². The molecule has 0 unspecified atom stereocenters. The number of fused-ring (bicyclic) bond motifs is 4. The number of para-hydroxylation sites is 2. The van der Waals surface area contributed by atoms with Gasteiger partial charge in [-0.3, -0.25) is 0 Å². The summed E-state index contributed by atoms with van der Waals surface area (Å²) in [6.45, 7) is 0. The normalized spacial score (nSPS) is 11.3. The van der Waals surface area contributed by atoms with Gasteiger partial charge in [-0.05, 0) is 80.6 Å². The molecule has 10 aromatic rings. The molecule has 1 heterocycles. The molecule has 0 fully saturated rings. The van der Waals surface area contributed by atoms with E-state index < -0.39 is 0 Å². The Morgan fingerprint density at radius 2 is 0.778 bits per heavy atom. The van der Waals surface area contributed by atoms with Gasteiger partial charge in [0.1, 0.15) is 0 Å². The van der Waals surface area contributed by atoms with E-state index in [1.165, 1.54) is 75.5 Å². The van der Waals surface area contributed by atoms with Gasteiger partial charge in [0, 0.05) is 31.3 Å². The topological polar surface area (TPSA) is 3.24 Å². The van der Waals surface area contributed by atoms with E-state index in [0.717, 1.165) is 17.1 Å². The molecular weight excluding hydrogens is 671 g/mol. The van der Waals surface area contributed by atoms with Crippen LogP contribution in [0.5, 0.6) is 0 Å². The fourth-order valence-corrected chi connectivity index (χ4v) is 9.09. The summed E-state index contributed by atoms with van der Waals surface area (Å²) in [5, 5.41) is 5.05. The van der Waals surface area contributed by atoms with Gasteiger partial charge in [0.2, 0.25) is 0 Å². The number of hydrogen-bond acceptors (Lipinski definition) is 2. The predicted molar refractivity (Wildman–Crippen MR) is 233 cm³/mol. The molecule has 10 rings (SSSR count). The first-order valence-electron chi connectivity index (χ1n) is 18.4. The molecule has 9 aromatic carbocycles. The van der Waals surface area contributed by atoms with Gasteiger partial charge in [-0.2, -0.15) is 0 Å². The first-order chi connectivity index (χ1) is 26.8. The van der Waals surface area contributed by atoms with Crippen LogP contribution >= 0.6 is 11.3 Å². The van der Waals surface area contributed by atoms with E-state index in [-0.39, 0.29) is 0 Å². The van der Waals surface area contributed by atoms with Crippen LogP contribution in [0.3, 0.4) is 0 Å². The maximum absolute atomic E-state index is 2.50. The summed E-state index contributed by atoms with van der Waals surface area (Å²) in [4.78, 5) is 2.50. The Morgan fingerprint density at radius 3 is 1.57 bits per heavy atom. The summed E-state index contributed by atoms with van der Waals surface area (Å²) >= 11 is 1.86. The molecule has 0 amide bonds. The maximum atomic E-state index is 2.50. The fraction of sp³-hybridized carbons (Fsp3) is 0. The molecule has 2 heteroatoms. The molecule has 254 valence electrons. The number of rotatable bonds is 7. The van der Waals surface area contributed by atoms with Gasteiger partial charge in [-0.15, -0.1) is 11.3 Å². The van der Waals surface area contributed by atoms with E-state index in [4.69, 9.17) is 0 Å². The first-order valence-corrected chi connectivity index (χ1v) is 19.2. The van der Waals surface area contributed by atoms with Crippen molar-refractivity contribution in [3.8, 4) is 44.5 Å². The molecule has 1 aromatic heterocycles. The van der Waals surface area contributed by atoms with Crippen molar-refractivity contribution in [1.29, 1.82) is 0 Å². The van der Waals surface area contributed by atoms with E-state index >= 15 is 0 Å². The van der Waals surface area contributed by atoms with Crippen molar-refractivity contribution in [1.82, 2.24) is 0 Å². The Bertz CT molecular complexity index is 2930. The van der Waals surface area contributed by atoms with Crippen molar-refractivity contribution in [3.63, 3.8) is 0 Å². The third-order valence-electron chi connectivity index (χ3n) is 10.5. The minimum Gasteiger partial charge on any atom is -0.309 e. The lowest BCUT2D eigenvalue weighted by atomic mass is 9.94. The van der Waals surface area contributed by atoms with Gasteiger partial charge < -0.3 is 4.90 Å². The predicted octanol–water partition coefficient (Wildman–Crippen LogP) is 15.3. The van der Waals surface area contributed by atoms with E-state index in [9.17, 15) is 0 Å². The average molecular weight is 706 g/mol. The van der Waals surface area contributed by atoms with Crippen molar-refractivity contribution in [2.75, 3.05) is 4.90 Å². The lowest BCUT2D eigenvalue weighted by Crippen LogP contribution is -2.12. The van der Waals surface area contributed by atoms with E-state index in [2.05, 4.69) is 217 Å². The Kier molecular flexibility index (Phi) is 8.09. The molecule has 0 atom stereocenters. The molecule has 0 aliphatic carbocycles. The van der Waals surface area contributed by atoms with Crippen LogP contribution in [0, 0.1) is 0 Å². The zero-order valence-electron chi connectivity index (χ0n) is 29.6. The molecule has 54 heavy (non-hydrogen) atoms. The van der Waals surface area contributed by atoms with Gasteiger partial charge >= 0.3 is 0 Å². The van der Waals surface area contributed by atoms with Crippen LogP contribution in [0.4, 0.5) is 17.1 Å². The zero-order valence-corrected chi connectivity index (χ0v) is 30.4. The van der Waals surface area contributed by atoms with Gasteiger partial charge in [0.15, 0.2) is 0 Å². The molecule has 0 radical (unpaired) electrons. The molecule has 0 saturated heterocycles. The smallest absolute Gasteiger partial charge is 0.0555 e. The second-order valence-electron chi connectivity index (χ2n) is 13.7. The van der Waals surface area contributed by atoms with Crippen molar-refractivity contribution >= 4 is 59.3 Å². The summed E-state index contributed by atoms with van der Waals surface area (Å²) in [5.41, 5.74) is 13.0. The SMILES string of the molecule is c1ccc(-c2ccc(-c3ccccc3N(c3ccccc3-c3cccc(-c4cccc5ccccc45)c3)c3cccc4sc5ccccc5c34)cc2)cc1. The lowest BCUT2D eigenvalue weighted by Gasteiger charge is -2.30. The number of hydrogen-bond donors (Lipinski definition) is 0.